The predicted molar refractivity (Wildman–Crippen MR) is 112 cm³/mol. The van der Waals surface area contributed by atoms with Crippen LogP contribution < -0.4 is 10.2 Å². The first-order valence-corrected chi connectivity index (χ1v) is 9.71. The zero-order valence-corrected chi connectivity index (χ0v) is 16.4. The molecule has 2 aromatic carbocycles. The molecule has 1 amide bonds. The van der Waals surface area contributed by atoms with E-state index in [9.17, 15) is 4.79 Å². The van der Waals surface area contributed by atoms with E-state index in [1.807, 2.05) is 47.4 Å². The fourth-order valence-corrected chi connectivity index (χ4v) is 3.81. The highest BCUT2D eigenvalue weighted by Crippen LogP contribution is 2.32. The number of nitrogens with zero attached hydrogens (tertiary/aromatic N) is 3. The van der Waals surface area contributed by atoms with Gasteiger partial charge in [-0.05, 0) is 49.1 Å². The van der Waals surface area contributed by atoms with Gasteiger partial charge in [0.15, 0.2) is 0 Å². The largest absolute Gasteiger partial charge is 0.370 e. The van der Waals surface area contributed by atoms with Gasteiger partial charge in [0.1, 0.15) is 17.8 Å². The van der Waals surface area contributed by atoms with E-state index < -0.39 is 0 Å². The lowest BCUT2D eigenvalue weighted by Crippen LogP contribution is -2.36. The maximum atomic E-state index is 13.1. The van der Waals surface area contributed by atoms with Crippen molar-refractivity contribution < 1.29 is 4.79 Å². The van der Waals surface area contributed by atoms with Crippen molar-refractivity contribution in [3.05, 3.63) is 82.8 Å². The summed E-state index contributed by atoms with van der Waals surface area (Å²) in [6.07, 6.45) is 3.10. The Balaban J connectivity index is 1.45. The molecule has 1 unspecified atom stereocenters. The molecule has 1 aliphatic heterocycles. The van der Waals surface area contributed by atoms with Crippen LogP contribution in [0.5, 0.6) is 0 Å². The summed E-state index contributed by atoms with van der Waals surface area (Å²) in [5, 5.41) is 3.99. The number of rotatable bonds is 5. The zero-order chi connectivity index (χ0) is 19.5. The Kier molecular flexibility index (Phi) is 5.26. The van der Waals surface area contributed by atoms with Crippen LogP contribution in [0.2, 0.25) is 5.02 Å². The molecular formula is C22H21ClN4O. The Hall–Kier alpha value is -2.92. The van der Waals surface area contributed by atoms with Crippen molar-refractivity contribution >= 4 is 29.0 Å². The molecule has 1 aliphatic rings. The average molecular weight is 393 g/mol. The van der Waals surface area contributed by atoms with Crippen molar-refractivity contribution in [1.82, 2.24) is 9.97 Å². The number of nitrogens with one attached hydrogen (secondary N) is 1. The molecule has 28 heavy (non-hydrogen) atoms. The lowest BCUT2D eigenvalue weighted by molar-refractivity contribution is 0.0976. The minimum atomic E-state index is -0.0993. The van der Waals surface area contributed by atoms with E-state index >= 15 is 0 Å². The van der Waals surface area contributed by atoms with E-state index in [4.69, 9.17) is 11.6 Å². The van der Waals surface area contributed by atoms with Gasteiger partial charge in [-0.3, -0.25) is 4.79 Å². The Morgan fingerprint density at radius 2 is 2.04 bits per heavy atom. The van der Waals surface area contributed by atoms with Crippen LogP contribution in [0.15, 0.2) is 60.9 Å². The summed E-state index contributed by atoms with van der Waals surface area (Å²) in [6.45, 7) is 2.75. The van der Waals surface area contributed by atoms with Gasteiger partial charge in [0.2, 0.25) is 0 Å². The minimum absolute atomic E-state index is 0.0993. The SMILES string of the molecule is CC1Cc2ccccc2N1C(=O)c1cc(NCCc2cccc(Cl)c2)ncn1. The van der Waals surface area contributed by atoms with Gasteiger partial charge in [-0.1, -0.05) is 41.9 Å². The third-order valence-electron chi connectivity index (χ3n) is 4.92. The molecular weight excluding hydrogens is 372 g/mol. The van der Waals surface area contributed by atoms with Gasteiger partial charge in [0.05, 0.1) is 0 Å². The average Bonchev–Trinajstić information content (AvgIpc) is 3.03. The van der Waals surface area contributed by atoms with E-state index in [1.165, 1.54) is 11.9 Å². The van der Waals surface area contributed by atoms with Gasteiger partial charge in [-0.25, -0.2) is 9.97 Å². The third kappa shape index (κ3) is 3.85. The van der Waals surface area contributed by atoms with Gasteiger partial charge in [-0.2, -0.15) is 0 Å². The van der Waals surface area contributed by atoms with Crippen LogP contribution in [0.1, 0.15) is 28.5 Å². The summed E-state index contributed by atoms with van der Waals surface area (Å²) in [6, 6.07) is 17.6. The number of fused-ring (bicyclic) bond motifs is 1. The van der Waals surface area contributed by atoms with Crippen LogP contribution in [0.4, 0.5) is 11.5 Å². The molecule has 6 heteroatoms. The van der Waals surface area contributed by atoms with Crippen molar-refractivity contribution in [2.75, 3.05) is 16.8 Å². The number of hydrogen-bond donors (Lipinski definition) is 1. The fourth-order valence-electron chi connectivity index (χ4n) is 3.60. The van der Waals surface area contributed by atoms with Crippen LogP contribution in [-0.4, -0.2) is 28.5 Å². The highest BCUT2D eigenvalue weighted by Gasteiger charge is 2.31. The minimum Gasteiger partial charge on any atom is -0.370 e. The molecule has 0 spiro atoms. The molecule has 2 heterocycles. The number of amides is 1. The monoisotopic (exact) mass is 392 g/mol. The van der Waals surface area contributed by atoms with E-state index in [0.717, 1.165) is 29.1 Å². The number of para-hydroxylation sites is 1. The van der Waals surface area contributed by atoms with Gasteiger partial charge < -0.3 is 10.2 Å². The third-order valence-corrected chi connectivity index (χ3v) is 5.16. The zero-order valence-electron chi connectivity index (χ0n) is 15.6. The standard InChI is InChI=1S/C22H21ClN4O/c1-15-11-17-6-2-3-8-20(17)27(15)22(28)19-13-21(26-14-25-19)24-10-9-16-5-4-7-18(23)12-16/h2-8,12-15H,9-11H2,1H3,(H,24,25,26). The summed E-state index contributed by atoms with van der Waals surface area (Å²) in [7, 11) is 0. The van der Waals surface area contributed by atoms with Crippen LogP contribution >= 0.6 is 11.6 Å². The number of carbonyl (C=O) groups is 1. The molecule has 1 atom stereocenters. The lowest BCUT2D eigenvalue weighted by atomic mass is 10.1. The molecule has 0 saturated carbocycles. The van der Waals surface area contributed by atoms with Gasteiger partial charge in [0, 0.05) is 29.4 Å². The number of anilines is 2. The highest BCUT2D eigenvalue weighted by molar-refractivity contribution is 6.30. The van der Waals surface area contributed by atoms with E-state index in [1.54, 1.807) is 6.07 Å². The first-order chi connectivity index (χ1) is 13.6. The molecule has 3 aromatic rings. The second-order valence-corrected chi connectivity index (χ2v) is 7.39. The Morgan fingerprint density at radius 1 is 1.18 bits per heavy atom. The molecule has 0 saturated heterocycles. The number of aromatic nitrogens is 2. The smallest absolute Gasteiger partial charge is 0.277 e. The topological polar surface area (TPSA) is 58.1 Å². The predicted octanol–water partition coefficient (Wildman–Crippen LogP) is 4.38. The molecule has 142 valence electrons. The Labute approximate surface area is 169 Å². The number of halogens is 1. The van der Waals surface area contributed by atoms with Gasteiger partial charge in [0.25, 0.3) is 5.91 Å². The molecule has 0 bridgehead atoms. The quantitative estimate of drug-likeness (QED) is 0.700. The van der Waals surface area contributed by atoms with Gasteiger partial charge in [-0.15, -0.1) is 0 Å². The van der Waals surface area contributed by atoms with E-state index in [2.05, 4.69) is 28.3 Å². The molecule has 4 rings (SSSR count). The summed E-state index contributed by atoms with van der Waals surface area (Å²) >= 11 is 6.02. The number of benzene rings is 2. The Morgan fingerprint density at radius 3 is 2.89 bits per heavy atom. The highest BCUT2D eigenvalue weighted by atomic mass is 35.5. The summed E-state index contributed by atoms with van der Waals surface area (Å²) in [5.41, 5.74) is 3.70. The molecule has 0 fully saturated rings. The van der Waals surface area contributed by atoms with E-state index in [0.29, 0.717) is 18.1 Å². The summed E-state index contributed by atoms with van der Waals surface area (Å²) in [5.74, 6) is 0.540. The van der Waals surface area contributed by atoms with Crippen LogP contribution in [0, 0.1) is 0 Å². The second-order valence-electron chi connectivity index (χ2n) is 6.95. The van der Waals surface area contributed by atoms with Crippen LogP contribution in [0.25, 0.3) is 0 Å². The summed E-state index contributed by atoms with van der Waals surface area (Å²) < 4.78 is 0. The van der Waals surface area contributed by atoms with Crippen molar-refractivity contribution in [2.45, 2.75) is 25.8 Å². The molecule has 5 nitrogen and oxygen atoms in total. The lowest BCUT2D eigenvalue weighted by Gasteiger charge is -2.22. The maximum absolute atomic E-state index is 13.1. The van der Waals surface area contributed by atoms with E-state index in [-0.39, 0.29) is 11.9 Å². The first-order valence-electron chi connectivity index (χ1n) is 9.33. The van der Waals surface area contributed by atoms with Crippen LogP contribution in [0.3, 0.4) is 0 Å². The number of carbonyl (C=O) groups excluding carboxylic acids is 1. The number of hydrogen-bond acceptors (Lipinski definition) is 4. The first kappa shape index (κ1) is 18.4. The molecule has 0 aliphatic carbocycles. The maximum Gasteiger partial charge on any atom is 0.277 e. The molecule has 1 N–H and O–H groups in total. The van der Waals surface area contributed by atoms with Crippen LogP contribution in [-0.2, 0) is 12.8 Å². The summed E-state index contributed by atoms with van der Waals surface area (Å²) in [4.78, 5) is 23.4. The fraction of sp³-hybridized carbons (Fsp3) is 0.227. The normalized spacial score (nSPS) is 15.4. The van der Waals surface area contributed by atoms with Crippen molar-refractivity contribution in [1.29, 1.82) is 0 Å². The van der Waals surface area contributed by atoms with Crippen molar-refractivity contribution in [3.63, 3.8) is 0 Å². The molecule has 1 aromatic heterocycles. The van der Waals surface area contributed by atoms with Crippen molar-refractivity contribution in [2.24, 2.45) is 0 Å². The molecule has 0 radical (unpaired) electrons. The van der Waals surface area contributed by atoms with Crippen molar-refractivity contribution in [3.8, 4) is 0 Å². The Bertz CT molecular complexity index is 1010. The van der Waals surface area contributed by atoms with Gasteiger partial charge >= 0.3 is 0 Å². The second kappa shape index (κ2) is 7.98.